The van der Waals surface area contributed by atoms with E-state index in [9.17, 15) is 0 Å². The Morgan fingerprint density at radius 1 is 1.07 bits per heavy atom. The minimum absolute atomic E-state index is 0. The van der Waals surface area contributed by atoms with Crippen molar-refractivity contribution >= 4 is 35.2 Å². The summed E-state index contributed by atoms with van der Waals surface area (Å²) in [6, 6.07) is 18.4. The van der Waals surface area contributed by atoms with Crippen molar-refractivity contribution in [3.05, 3.63) is 60.3 Å². The third-order valence-electron chi connectivity index (χ3n) is 5.08. The van der Waals surface area contributed by atoms with E-state index in [1.807, 2.05) is 12.3 Å². The molecule has 0 saturated carbocycles. The van der Waals surface area contributed by atoms with Gasteiger partial charge < -0.3 is 9.40 Å². The molecule has 0 saturated heterocycles. The molecule has 2 nitrogen and oxygen atoms in total. The van der Waals surface area contributed by atoms with E-state index in [-0.39, 0.29) is 25.5 Å². The smallest absolute Gasteiger partial charge is 0.120 e. The Balaban J connectivity index is 0.00000240. The van der Waals surface area contributed by atoms with Gasteiger partial charge in [-0.05, 0) is 29.7 Å². The summed E-state index contributed by atoms with van der Waals surface area (Å²) in [5.41, 5.74) is 5.28. The third-order valence-corrected chi connectivity index (χ3v) is 7.09. The summed E-state index contributed by atoms with van der Waals surface area (Å²) in [6.45, 7) is 13.9. The average Bonchev–Trinajstić information content (AvgIpc) is 2.98. The molecule has 0 spiro atoms. The summed E-state index contributed by atoms with van der Waals surface area (Å²) < 4.78 is 6.37. The molecule has 0 atom stereocenters. The molecule has 0 N–H and O–H groups in total. The number of aromatic nitrogens is 1. The second-order valence-corrected chi connectivity index (χ2v) is 15.0. The Hall–Kier alpha value is -1.74. The topological polar surface area (TPSA) is 26.0 Å². The van der Waals surface area contributed by atoms with Crippen molar-refractivity contribution < 1.29 is 24.5 Å². The average molecular weight is 579 g/mol. The van der Waals surface area contributed by atoms with Crippen LogP contribution in [-0.2, 0) is 26.5 Å². The molecule has 153 valence electrons. The van der Waals surface area contributed by atoms with Crippen molar-refractivity contribution in [1.29, 1.82) is 0 Å². The number of nitrogens with zero attached hydrogens (tertiary/aromatic N) is 1. The summed E-state index contributed by atoms with van der Waals surface area (Å²) in [5, 5.41) is 3.82. The number of fused-ring (bicyclic) bond motifs is 3. The van der Waals surface area contributed by atoms with Crippen molar-refractivity contribution in [2.75, 3.05) is 0 Å². The van der Waals surface area contributed by atoms with Crippen LogP contribution < -0.4 is 5.19 Å². The van der Waals surface area contributed by atoms with E-state index >= 15 is 0 Å². The first-order valence-corrected chi connectivity index (χ1v) is 13.5. The molecule has 0 fully saturated rings. The molecule has 0 amide bonds. The molecule has 4 aromatic rings. The van der Waals surface area contributed by atoms with Crippen molar-refractivity contribution in [2.45, 2.75) is 46.8 Å². The van der Waals surface area contributed by atoms with Gasteiger partial charge in [0.05, 0.1) is 5.58 Å². The van der Waals surface area contributed by atoms with Crippen LogP contribution in [0.1, 0.15) is 26.3 Å². The zero-order chi connectivity index (χ0) is 20.1. The van der Waals surface area contributed by atoms with Crippen molar-refractivity contribution in [3.8, 4) is 11.3 Å². The van der Waals surface area contributed by atoms with Crippen LogP contribution in [0.15, 0.2) is 53.1 Å². The van der Waals surface area contributed by atoms with E-state index in [4.69, 9.17) is 4.42 Å². The standard InChI is InChI=1S/C25H28NOSi.Ir/c1-25(2,3)16-17-13-14-26-20(15-17)18-11-12-22(28(4,5)6)23-19-9-7-8-10-21(19)27-24(18)23;/h7-10,12-15H,16H2,1-6H3;/q-1;. The number of pyridine rings is 1. The summed E-state index contributed by atoms with van der Waals surface area (Å²) in [6.07, 6.45) is 2.92. The van der Waals surface area contributed by atoms with Gasteiger partial charge in [-0.2, -0.15) is 0 Å². The largest absolute Gasteiger partial charge is 0.501 e. The maximum atomic E-state index is 6.37. The fourth-order valence-electron chi connectivity index (χ4n) is 3.89. The minimum Gasteiger partial charge on any atom is -0.501 e. The molecule has 0 aliphatic rings. The van der Waals surface area contributed by atoms with Crippen LogP contribution in [0.25, 0.3) is 33.2 Å². The molecule has 0 bridgehead atoms. The molecule has 4 heteroatoms. The van der Waals surface area contributed by atoms with Crippen LogP contribution in [0.4, 0.5) is 0 Å². The Bertz CT molecular complexity index is 1170. The van der Waals surface area contributed by atoms with Crippen LogP contribution in [0, 0.1) is 11.5 Å². The Morgan fingerprint density at radius 2 is 1.79 bits per heavy atom. The molecule has 2 aromatic heterocycles. The Kier molecular flexibility index (Phi) is 5.93. The molecule has 0 aliphatic heterocycles. The van der Waals surface area contributed by atoms with Crippen LogP contribution in [0.5, 0.6) is 0 Å². The van der Waals surface area contributed by atoms with Gasteiger partial charge in [0.1, 0.15) is 5.58 Å². The van der Waals surface area contributed by atoms with Gasteiger partial charge in [0.25, 0.3) is 0 Å². The van der Waals surface area contributed by atoms with Gasteiger partial charge in [-0.25, -0.2) is 0 Å². The fraction of sp³-hybridized carbons (Fsp3) is 0.320. The summed E-state index contributed by atoms with van der Waals surface area (Å²) >= 11 is 0. The van der Waals surface area contributed by atoms with E-state index in [0.29, 0.717) is 0 Å². The molecule has 1 radical (unpaired) electrons. The normalized spacial score (nSPS) is 12.3. The first-order chi connectivity index (χ1) is 13.1. The number of benzene rings is 2. The maximum Gasteiger partial charge on any atom is 0.120 e. The maximum absolute atomic E-state index is 6.37. The van der Waals surface area contributed by atoms with E-state index in [1.54, 1.807) is 0 Å². The molecule has 0 aliphatic carbocycles. The first-order valence-electron chi connectivity index (χ1n) is 9.95. The molecule has 2 aromatic carbocycles. The van der Waals surface area contributed by atoms with Gasteiger partial charge >= 0.3 is 0 Å². The minimum atomic E-state index is -1.56. The number of furan rings is 1. The Morgan fingerprint density at radius 3 is 2.48 bits per heavy atom. The predicted molar refractivity (Wildman–Crippen MR) is 122 cm³/mol. The van der Waals surface area contributed by atoms with E-state index in [0.717, 1.165) is 28.8 Å². The molecular formula is C25H28IrNOSi-. The van der Waals surface area contributed by atoms with E-state index < -0.39 is 8.07 Å². The third kappa shape index (κ3) is 4.40. The van der Waals surface area contributed by atoms with Gasteiger partial charge in [0.2, 0.25) is 0 Å². The van der Waals surface area contributed by atoms with Crippen molar-refractivity contribution in [1.82, 2.24) is 4.98 Å². The van der Waals surface area contributed by atoms with Crippen LogP contribution in [-0.4, -0.2) is 13.1 Å². The first kappa shape index (κ1) is 22.0. The van der Waals surface area contributed by atoms with Crippen LogP contribution in [0.3, 0.4) is 0 Å². The van der Waals surface area contributed by atoms with Crippen molar-refractivity contribution in [2.24, 2.45) is 5.41 Å². The summed E-state index contributed by atoms with van der Waals surface area (Å²) in [4.78, 5) is 4.67. The quantitative estimate of drug-likeness (QED) is 0.203. The van der Waals surface area contributed by atoms with Gasteiger partial charge in [-0.3, -0.25) is 0 Å². The summed E-state index contributed by atoms with van der Waals surface area (Å²) in [7, 11) is -1.56. The van der Waals surface area contributed by atoms with Gasteiger partial charge in [-0.1, -0.05) is 81.2 Å². The zero-order valence-electron chi connectivity index (χ0n) is 18.0. The van der Waals surface area contributed by atoms with Gasteiger partial charge in [-0.15, -0.1) is 17.3 Å². The van der Waals surface area contributed by atoms with E-state index in [2.05, 4.69) is 87.9 Å². The van der Waals surface area contributed by atoms with Crippen LogP contribution >= 0.6 is 0 Å². The number of hydrogen-bond acceptors (Lipinski definition) is 2. The second kappa shape index (κ2) is 7.83. The molecular weight excluding hydrogens is 551 g/mol. The fourth-order valence-corrected chi connectivity index (χ4v) is 5.39. The monoisotopic (exact) mass is 579 g/mol. The molecule has 0 unspecified atom stereocenters. The second-order valence-electron chi connectivity index (χ2n) is 9.92. The predicted octanol–water partition coefficient (Wildman–Crippen LogP) is 6.58. The molecule has 29 heavy (non-hydrogen) atoms. The summed E-state index contributed by atoms with van der Waals surface area (Å²) in [5.74, 6) is 0. The van der Waals surface area contributed by atoms with Crippen molar-refractivity contribution in [3.63, 3.8) is 0 Å². The SMILES string of the molecule is CC(C)(C)Cc1ccnc(-c2[c-]cc([Si](C)(C)C)c3c2oc2ccccc23)c1.[Ir]. The van der Waals surface area contributed by atoms with Crippen LogP contribution in [0.2, 0.25) is 19.6 Å². The number of hydrogen-bond donors (Lipinski definition) is 0. The van der Waals surface area contributed by atoms with Gasteiger partial charge in [0.15, 0.2) is 0 Å². The molecule has 2 heterocycles. The Labute approximate surface area is 188 Å². The zero-order valence-corrected chi connectivity index (χ0v) is 21.4. The van der Waals surface area contributed by atoms with E-state index in [1.165, 1.54) is 21.5 Å². The van der Waals surface area contributed by atoms with Gasteiger partial charge in [0, 0.05) is 39.8 Å². The number of para-hydroxylation sites is 1. The molecule has 4 rings (SSSR count). The number of rotatable bonds is 3.